The van der Waals surface area contributed by atoms with Gasteiger partial charge in [0, 0.05) is 23.3 Å². The number of anilines is 2. The highest BCUT2D eigenvalue weighted by molar-refractivity contribution is 6.30. The molecule has 126 valence electrons. The standard InChI is InChI=1S/C19H17ClN4O/c1-13-3-2-4-16(9-13)24-19(25)17-10-18(23-12-22-17)21-11-14-5-7-15(20)8-6-14/h2-10,12H,11H2,1H3,(H,24,25)(H,21,22,23). The van der Waals surface area contributed by atoms with Gasteiger partial charge in [-0.25, -0.2) is 9.97 Å². The molecule has 1 aromatic heterocycles. The van der Waals surface area contributed by atoms with E-state index in [2.05, 4.69) is 20.6 Å². The summed E-state index contributed by atoms with van der Waals surface area (Å²) in [6.45, 7) is 2.55. The van der Waals surface area contributed by atoms with Gasteiger partial charge in [0.2, 0.25) is 0 Å². The molecule has 0 unspecified atom stereocenters. The van der Waals surface area contributed by atoms with Gasteiger partial charge in [-0.3, -0.25) is 4.79 Å². The summed E-state index contributed by atoms with van der Waals surface area (Å²) in [5.74, 6) is 0.307. The molecule has 0 aliphatic rings. The van der Waals surface area contributed by atoms with Crippen LogP contribution in [-0.4, -0.2) is 15.9 Å². The summed E-state index contributed by atoms with van der Waals surface area (Å²) in [4.78, 5) is 20.5. The summed E-state index contributed by atoms with van der Waals surface area (Å²) in [5.41, 5.74) is 3.17. The van der Waals surface area contributed by atoms with Crippen molar-refractivity contribution < 1.29 is 4.79 Å². The first-order valence-electron chi connectivity index (χ1n) is 7.78. The van der Waals surface area contributed by atoms with Crippen LogP contribution in [-0.2, 0) is 6.54 Å². The SMILES string of the molecule is Cc1cccc(NC(=O)c2cc(NCc3ccc(Cl)cc3)ncn2)c1. The highest BCUT2D eigenvalue weighted by atomic mass is 35.5. The molecule has 0 aliphatic heterocycles. The molecule has 2 aromatic carbocycles. The minimum absolute atomic E-state index is 0.275. The zero-order valence-electron chi connectivity index (χ0n) is 13.7. The Morgan fingerprint density at radius 1 is 1.08 bits per heavy atom. The fraction of sp³-hybridized carbons (Fsp3) is 0.105. The maximum atomic E-state index is 12.3. The summed E-state index contributed by atoms with van der Waals surface area (Å²) < 4.78 is 0. The third-order valence-corrected chi connectivity index (χ3v) is 3.81. The predicted molar refractivity (Wildman–Crippen MR) is 99.9 cm³/mol. The molecular weight excluding hydrogens is 336 g/mol. The lowest BCUT2D eigenvalue weighted by Gasteiger charge is -2.08. The highest BCUT2D eigenvalue weighted by Gasteiger charge is 2.09. The van der Waals surface area contributed by atoms with Crippen LogP contribution in [0, 0.1) is 6.92 Å². The third kappa shape index (κ3) is 4.78. The van der Waals surface area contributed by atoms with Gasteiger partial charge >= 0.3 is 0 Å². The number of carbonyl (C=O) groups is 1. The van der Waals surface area contributed by atoms with E-state index in [1.807, 2.05) is 55.5 Å². The number of hydrogen-bond acceptors (Lipinski definition) is 4. The fourth-order valence-corrected chi connectivity index (χ4v) is 2.42. The van der Waals surface area contributed by atoms with Crippen LogP contribution >= 0.6 is 11.6 Å². The monoisotopic (exact) mass is 352 g/mol. The Morgan fingerprint density at radius 2 is 1.88 bits per heavy atom. The van der Waals surface area contributed by atoms with Crippen molar-refractivity contribution in [1.82, 2.24) is 9.97 Å². The van der Waals surface area contributed by atoms with Crippen molar-refractivity contribution in [2.45, 2.75) is 13.5 Å². The molecule has 1 heterocycles. The molecule has 0 spiro atoms. The largest absolute Gasteiger partial charge is 0.366 e. The maximum Gasteiger partial charge on any atom is 0.274 e. The van der Waals surface area contributed by atoms with Gasteiger partial charge in [0.05, 0.1) is 0 Å². The second-order valence-electron chi connectivity index (χ2n) is 5.59. The zero-order chi connectivity index (χ0) is 17.6. The van der Waals surface area contributed by atoms with Crippen molar-refractivity contribution in [3.05, 3.63) is 82.8 Å². The quantitative estimate of drug-likeness (QED) is 0.718. The van der Waals surface area contributed by atoms with Crippen LogP contribution in [0.4, 0.5) is 11.5 Å². The van der Waals surface area contributed by atoms with Crippen molar-refractivity contribution in [1.29, 1.82) is 0 Å². The number of nitrogens with zero attached hydrogens (tertiary/aromatic N) is 2. The zero-order valence-corrected chi connectivity index (χ0v) is 14.4. The minimum Gasteiger partial charge on any atom is -0.366 e. The first-order valence-corrected chi connectivity index (χ1v) is 8.16. The van der Waals surface area contributed by atoms with E-state index in [1.165, 1.54) is 6.33 Å². The van der Waals surface area contributed by atoms with Crippen molar-refractivity contribution in [2.75, 3.05) is 10.6 Å². The van der Waals surface area contributed by atoms with Gasteiger partial charge in [-0.2, -0.15) is 0 Å². The van der Waals surface area contributed by atoms with E-state index in [1.54, 1.807) is 6.07 Å². The van der Waals surface area contributed by atoms with Crippen LogP contribution < -0.4 is 10.6 Å². The topological polar surface area (TPSA) is 66.9 Å². The molecule has 0 saturated heterocycles. The van der Waals surface area contributed by atoms with Gasteiger partial charge in [0.15, 0.2) is 0 Å². The van der Waals surface area contributed by atoms with Crippen LogP contribution in [0.1, 0.15) is 21.6 Å². The Morgan fingerprint density at radius 3 is 2.64 bits per heavy atom. The summed E-state index contributed by atoms with van der Waals surface area (Å²) in [7, 11) is 0. The van der Waals surface area contributed by atoms with Crippen molar-refractivity contribution >= 4 is 29.0 Å². The number of amides is 1. The van der Waals surface area contributed by atoms with E-state index < -0.39 is 0 Å². The van der Waals surface area contributed by atoms with E-state index in [0.717, 1.165) is 16.8 Å². The molecule has 5 nitrogen and oxygen atoms in total. The molecule has 0 aliphatic carbocycles. The number of rotatable bonds is 5. The van der Waals surface area contributed by atoms with Gasteiger partial charge < -0.3 is 10.6 Å². The van der Waals surface area contributed by atoms with Gasteiger partial charge in [0.1, 0.15) is 17.8 Å². The van der Waals surface area contributed by atoms with Crippen molar-refractivity contribution in [3.63, 3.8) is 0 Å². The summed E-state index contributed by atoms with van der Waals surface area (Å²) in [6.07, 6.45) is 1.37. The molecule has 0 radical (unpaired) electrons. The van der Waals surface area contributed by atoms with Crippen molar-refractivity contribution in [3.8, 4) is 0 Å². The number of nitrogens with one attached hydrogen (secondary N) is 2. The number of halogens is 1. The first-order chi connectivity index (χ1) is 12.1. The Labute approximate surface area is 151 Å². The molecule has 6 heteroatoms. The number of carbonyl (C=O) groups excluding carboxylic acids is 1. The molecule has 3 aromatic rings. The lowest BCUT2D eigenvalue weighted by Crippen LogP contribution is -2.14. The molecule has 2 N–H and O–H groups in total. The second-order valence-corrected chi connectivity index (χ2v) is 6.03. The molecule has 0 atom stereocenters. The molecule has 0 saturated carbocycles. The number of hydrogen-bond donors (Lipinski definition) is 2. The Balaban J connectivity index is 1.66. The molecule has 25 heavy (non-hydrogen) atoms. The highest BCUT2D eigenvalue weighted by Crippen LogP contribution is 2.13. The predicted octanol–water partition coefficient (Wildman–Crippen LogP) is 4.30. The molecule has 1 amide bonds. The van der Waals surface area contributed by atoms with E-state index in [0.29, 0.717) is 23.1 Å². The maximum absolute atomic E-state index is 12.3. The summed E-state index contributed by atoms with van der Waals surface area (Å²) in [5, 5.41) is 6.70. The number of aromatic nitrogens is 2. The van der Waals surface area contributed by atoms with Crippen molar-refractivity contribution in [2.24, 2.45) is 0 Å². The summed E-state index contributed by atoms with van der Waals surface area (Å²) in [6, 6.07) is 16.8. The lowest BCUT2D eigenvalue weighted by molar-refractivity contribution is 0.102. The van der Waals surface area contributed by atoms with Crippen LogP contribution in [0.5, 0.6) is 0 Å². The first kappa shape index (κ1) is 16.9. The van der Waals surface area contributed by atoms with E-state index in [4.69, 9.17) is 11.6 Å². The van der Waals surface area contributed by atoms with Crippen LogP contribution in [0.3, 0.4) is 0 Å². The van der Waals surface area contributed by atoms with Gasteiger partial charge in [0.25, 0.3) is 5.91 Å². The van der Waals surface area contributed by atoms with Crippen LogP contribution in [0.2, 0.25) is 5.02 Å². The number of benzene rings is 2. The minimum atomic E-state index is -0.275. The van der Waals surface area contributed by atoms with Gasteiger partial charge in [-0.15, -0.1) is 0 Å². The molecular formula is C19H17ClN4O. The Hall–Kier alpha value is -2.92. The Bertz CT molecular complexity index is 881. The van der Waals surface area contributed by atoms with Gasteiger partial charge in [-0.05, 0) is 42.3 Å². The molecule has 0 fully saturated rings. The van der Waals surface area contributed by atoms with E-state index in [-0.39, 0.29) is 5.91 Å². The van der Waals surface area contributed by atoms with Crippen LogP contribution in [0.25, 0.3) is 0 Å². The normalized spacial score (nSPS) is 10.3. The molecule has 3 rings (SSSR count). The average Bonchev–Trinajstić information content (AvgIpc) is 2.61. The van der Waals surface area contributed by atoms with E-state index >= 15 is 0 Å². The smallest absolute Gasteiger partial charge is 0.274 e. The summed E-state index contributed by atoms with van der Waals surface area (Å²) >= 11 is 5.88. The molecule has 0 bridgehead atoms. The fourth-order valence-electron chi connectivity index (χ4n) is 2.29. The second kappa shape index (κ2) is 7.77. The van der Waals surface area contributed by atoms with E-state index in [9.17, 15) is 4.79 Å². The Kier molecular flexibility index (Phi) is 5.26. The average molecular weight is 353 g/mol. The third-order valence-electron chi connectivity index (χ3n) is 3.56. The van der Waals surface area contributed by atoms with Crippen LogP contribution in [0.15, 0.2) is 60.9 Å². The van der Waals surface area contributed by atoms with Gasteiger partial charge in [-0.1, -0.05) is 35.9 Å². The lowest BCUT2D eigenvalue weighted by atomic mass is 10.2. The number of aryl methyl sites for hydroxylation is 1.